The second-order valence-corrected chi connectivity index (χ2v) is 21.1. The number of fused-ring (bicyclic) bond motifs is 7. The summed E-state index contributed by atoms with van der Waals surface area (Å²) in [4.78, 5) is 0. The van der Waals surface area contributed by atoms with Crippen molar-refractivity contribution < 1.29 is 78.7 Å². The highest BCUT2D eigenvalue weighted by Gasteiger charge is 2.69. The summed E-state index contributed by atoms with van der Waals surface area (Å²) in [7, 11) is 0. The van der Waals surface area contributed by atoms with Crippen LogP contribution in [-0.2, 0) is 37.9 Å². The van der Waals surface area contributed by atoms with Gasteiger partial charge in [0.05, 0.1) is 37.6 Å². The lowest BCUT2D eigenvalue weighted by atomic mass is 9.47. The first-order valence-corrected chi connectivity index (χ1v) is 23.2. The number of aliphatic hydroxyl groups is 8. The normalized spacial score (nSPS) is 58.4. The van der Waals surface area contributed by atoms with Gasteiger partial charge in [-0.15, -0.1) is 0 Å². The maximum atomic E-state index is 12.0. The van der Waals surface area contributed by atoms with Crippen molar-refractivity contribution in [2.75, 3.05) is 13.2 Å². The molecule has 1 spiro atoms. The highest BCUT2D eigenvalue weighted by atomic mass is 16.8. The molecule has 0 aromatic rings. The first-order chi connectivity index (χ1) is 28.9. The van der Waals surface area contributed by atoms with E-state index in [1.807, 2.05) is 0 Å². The van der Waals surface area contributed by atoms with Crippen molar-refractivity contribution in [1.82, 2.24) is 0 Å². The van der Waals surface area contributed by atoms with Crippen LogP contribution in [0.25, 0.3) is 0 Å². The van der Waals surface area contributed by atoms with Gasteiger partial charge < -0.3 is 78.7 Å². The molecule has 4 aliphatic carbocycles. The van der Waals surface area contributed by atoms with Crippen molar-refractivity contribution in [3.63, 3.8) is 0 Å². The summed E-state index contributed by atoms with van der Waals surface area (Å²) in [5.41, 5.74) is 1.53. The molecule has 3 unspecified atom stereocenters. The van der Waals surface area contributed by atoms with Crippen LogP contribution in [0.1, 0.15) is 99.3 Å². The Morgan fingerprint density at radius 2 is 1.34 bits per heavy atom. The molecule has 348 valence electrons. The van der Waals surface area contributed by atoms with Crippen LogP contribution in [0, 0.1) is 46.3 Å². The summed E-state index contributed by atoms with van der Waals surface area (Å²) in [6.07, 6.45) is -10.4. The highest BCUT2D eigenvalue weighted by Crippen LogP contribution is 2.70. The third kappa shape index (κ3) is 7.42. The molecule has 0 amide bonds. The average molecular weight is 869 g/mol. The lowest BCUT2D eigenvalue weighted by Gasteiger charge is -2.58. The monoisotopic (exact) mass is 868 g/mol. The molecule has 5 saturated heterocycles. The molecule has 5 heterocycles. The van der Waals surface area contributed by atoms with Crippen LogP contribution in [0.15, 0.2) is 11.6 Å². The lowest BCUT2D eigenvalue weighted by Crippen LogP contribution is -2.66. The molecule has 16 heteroatoms. The topological polar surface area (TPSA) is 236 Å². The first-order valence-electron chi connectivity index (χ1n) is 23.2. The summed E-state index contributed by atoms with van der Waals surface area (Å²) in [6.45, 7) is 12.7. The van der Waals surface area contributed by atoms with Gasteiger partial charge in [-0.2, -0.15) is 0 Å². The summed E-state index contributed by atoms with van der Waals surface area (Å²) >= 11 is 0. The zero-order valence-corrected chi connectivity index (χ0v) is 36.5. The SMILES string of the molecule is C[C@@H]1CC[C@@]2(OC1)O[C@H]1CC3C4CC=C5C[C@@H](O[C@@H]6O[C@H](CO)[C@@H](O[C@@H]7O[C@@H](C)[C@H](O)[C@@H](O)[C@H]7O)[C@H](O)[C@H]6O[C@@H]6O[C@@H](C)[C@H](O)[C@@H](O)[C@H]6O)CC[C@]5(C)C4CC[C@]3(C)[C@H]1[C@@H]2C. The molecule has 61 heavy (non-hydrogen) atoms. The summed E-state index contributed by atoms with van der Waals surface area (Å²) in [5, 5.41) is 85.9. The molecule has 8 fully saturated rings. The fourth-order valence-corrected chi connectivity index (χ4v) is 14.0. The van der Waals surface area contributed by atoms with Crippen molar-refractivity contribution in [2.24, 2.45) is 46.3 Å². The second-order valence-electron chi connectivity index (χ2n) is 21.1. The minimum atomic E-state index is -1.71. The van der Waals surface area contributed by atoms with Crippen LogP contribution in [0.4, 0.5) is 0 Å². The fraction of sp³-hybridized carbons (Fsp3) is 0.956. The maximum Gasteiger partial charge on any atom is 0.187 e. The van der Waals surface area contributed by atoms with Gasteiger partial charge in [0.1, 0.15) is 61.0 Å². The van der Waals surface area contributed by atoms with Crippen molar-refractivity contribution in [2.45, 2.75) is 209 Å². The fourth-order valence-electron chi connectivity index (χ4n) is 14.0. The van der Waals surface area contributed by atoms with Gasteiger partial charge in [-0.3, -0.25) is 0 Å². The van der Waals surface area contributed by atoms with Gasteiger partial charge in [-0.1, -0.05) is 39.3 Å². The molecular formula is C45H72O16. The average Bonchev–Trinajstić information content (AvgIpc) is 3.69. The molecule has 3 saturated carbocycles. The number of rotatable bonds is 7. The molecule has 8 N–H and O–H groups in total. The van der Waals surface area contributed by atoms with Gasteiger partial charge in [0.2, 0.25) is 0 Å². The van der Waals surface area contributed by atoms with Crippen LogP contribution < -0.4 is 0 Å². The Morgan fingerprint density at radius 1 is 0.689 bits per heavy atom. The van der Waals surface area contributed by atoms with E-state index < -0.39 is 105 Å². The second kappa shape index (κ2) is 16.8. The van der Waals surface area contributed by atoms with Crippen molar-refractivity contribution in [1.29, 1.82) is 0 Å². The van der Waals surface area contributed by atoms with E-state index in [4.69, 9.17) is 37.9 Å². The predicted octanol–water partition coefficient (Wildman–Crippen LogP) is 1.24. The number of ether oxygens (including phenoxy) is 8. The number of hydrogen-bond donors (Lipinski definition) is 8. The van der Waals surface area contributed by atoms with E-state index in [1.165, 1.54) is 25.8 Å². The predicted molar refractivity (Wildman–Crippen MR) is 213 cm³/mol. The van der Waals surface area contributed by atoms with Gasteiger partial charge in [-0.05, 0) is 106 Å². The molecular weight excluding hydrogens is 796 g/mol. The van der Waals surface area contributed by atoms with Crippen molar-refractivity contribution >= 4 is 0 Å². The van der Waals surface area contributed by atoms with Gasteiger partial charge in [-0.25, -0.2) is 0 Å². The molecule has 0 radical (unpaired) electrons. The summed E-state index contributed by atoms with van der Waals surface area (Å²) < 4.78 is 50.1. The maximum absolute atomic E-state index is 12.0. The zero-order valence-electron chi connectivity index (χ0n) is 36.5. The molecule has 26 atom stereocenters. The van der Waals surface area contributed by atoms with E-state index >= 15 is 0 Å². The van der Waals surface area contributed by atoms with Crippen LogP contribution >= 0.6 is 0 Å². The van der Waals surface area contributed by atoms with Crippen LogP contribution in [0.5, 0.6) is 0 Å². The molecule has 0 bridgehead atoms. The Hall–Kier alpha value is -0.900. The zero-order chi connectivity index (χ0) is 43.5. The van der Waals surface area contributed by atoms with E-state index in [2.05, 4.69) is 33.8 Å². The standard InChI is InChI=1S/C45H72O16/c1-19-9-14-45(54-18-19)20(2)30-28(61-45)16-27-25-8-7-23-15-24(10-12-43(23,5)26(25)11-13-44(27,30)6)57-42-39(60-41-36(52)34(50)32(48)22(4)56-41)37(53)38(29(17-46)58-42)59-40-35(51)33(49)31(47)21(3)55-40/h7,19-22,24-42,46-53H,8-18H2,1-6H3/t19-,20+,21+,22+,24+,25?,26?,27?,28+,29-,30+,31+,32+,33-,34-,35-,36-,37+,38-,39-,40+,41+,42-,43+,44+,45-/m1/s1. The summed E-state index contributed by atoms with van der Waals surface area (Å²) in [6, 6.07) is 0. The molecule has 0 aromatic carbocycles. The third-order valence-electron chi connectivity index (χ3n) is 17.6. The van der Waals surface area contributed by atoms with Gasteiger partial charge >= 0.3 is 0 Å². The lowest BCUT2D eigenvalue weighted by molar-refractivity contribution is -0.388. The Kier molecular flexibility index (Phi) is 12.4. The van der Waals surface area contributed by atoms with Crippen LogP contribution in [-0.4, -0.2) is 164 Å². The van der Waals surface area contributed by atoms with E-state index in [0.29, 0.717) is 48.3 Å². The van der Waals surface area contributed by atoms with Crippen LogP contribution in [0.3, 0.4) is 0 Å². The third-order valence-corrected chi connectivity index (χ3v) is 17.6. The molecule has 9 rings (SSSR count). The Bertz CT molecular complexity index is 1590. The van der Waals surface area contributed by atoms with Crippen molar-refractivity contribution in [3.8, 4) is 0 Å². The quantitative estimate of drug-likeness (QED) is 0.168. The van der Waals surface area contributed by atoms with Crippen molar-refractivity contribution in [3.05, 3.63) is 11.6 Å². The van der Waals surface area contributed by atoms with Gasteiger partial charge in [0.25, 0.3) is 0 Å². The van der Waals surface area contributed by atoms with Gasteiger partial charge in [0.15, 0.2) is 24.7 Å². The minimum Gasteiger partial charge on any atom is -0.394 e. The first kappa shape index (κ1) is 45.3. The molecule has 0 aromatic heterocycles. The van der Waals surface area contributed by atoms with E-state index in [0.717, 1.165) is 45.1 Å². The number of aliphatic hydroxyl groups excluding tert-OH is 8. The van der Waals surface area contributed by atoms with E-state index in [9.17, 15) is 40.9 Å². The Labute approximate surface area is 358 Å². The summed E-state index contributed by atoms with van der Waals surface area (Å²) in [5.74, 6) is 2.64. The minimum absolute atomic E-state index is 0.0171. The Morgan fingerprint density at radius 3 is 1.97 bits per heavy atom. The van der Waals surface area contributed by atoms with E-state index in [1.54, 1.807) is 0 Å². The number of hydrogen-bond acceptors (Lipinski definition) is 16. The van der Waals surface area contributed by atoms with E-state index in [-0.39, 0.29) is 23.0 Å². The van der Waals surface area contributed by atoms with Gasteiger partial charge in [0, 0.05) is 12.3 Å². The largest absolute Gasteiger partial charge is 0.394 e. The molecule has 9 aliphatic rings. The Balaban J connectivity index is 0.916. The molecule has 16 nitrogen and oxygen atoms in total. The van der Waals surface area contributed by atoms with Crippen LogP contribution in [0.2, 0.25) is 0 Å². The smallest absolute Gasteiger partial charge is 0.187 e. The molecule has 5 aliphatic heterocycles. The highest BCUT2D eigenvalue weighted by molar-refractivity contribution is 5.26. The number of allylic oxidation sites excluding steroid dienone is 1.